The lowest BCUT2D eigenvalue weighted by atomic mass is 10.0. The Morgan fingerprint density at radius 2 is 2.21 bits per heavy atom. The first kappa shape index (κ1) is 15.2. The van der Waals surface area contributed by atoms with Crippen LogP contribution in [0, 0.1) is 0 Å². The van der Waals surface area contributed by atoms with Crippen molar-refractivity contribution in [3.05, 3.63) is 0 Å². The molecule has 0 aliphatic carbocycles. The predicted octanol–water partition coefficient (Wildman–Crippen LogP) is 0.203. The lowest BCUT2D eigenvalue weighted by Gasteiger charge is -2.34. The summed E-state index contributed by atoms with van der Waals surface area (Å²) in [5, 5.41) is 0. The van der Waals surface area contributed by atoms with Gasteiger partial charge in [-0.3, -0.25) is 0 Å². The minimum atomic E-state index is -3.45. The van der Waals surface area contributed by atoms with Crippen molar-refractivity contribution in [3.8, 4) is 0 Å². The van der Waals surface area contributed by atoms with Crippen molar-refractivity contribution in [1.82, 2.24) is 9.03 Å². The monoisotopic (exact) mass is 291 g/mol. The van der Waals surface area contributed by atoms with Gasteiger partial charge in [0.15, 0.2) is 0 Å². The second-order valence-electron chi connectivity index (χ2n) is 5.72. The van der Waals surface area contributed by atoms with Gasteiger partial charge in [0.05, 0.1) is 5.60 Å². The van der Waals surface area contributed by atoms with E-state index < -0.39 is 10.2 Å². The molecule has 0 bridgehead atoms. The molecule has 3 N–H and O–H groups in total. The van der Waals surface area contributed by atoms with E-state index in [1.54, 1.807) is 0 Å². The quantitative estimate of drug-likeness (QED) is 0.758. The summed E-state index contributed by atoms with van der Waals surface area (Å²) in [4.78, 5) is 0. The van der Waals surface area contributed by atoms with Gasteiger partial charge in [0, 0.05) is 32.3 Å². The van der Waals surface area contributed by atoms with Crippen LogP contribution >= 0.6 is 0 Å². The van der Waals surface area contributed by atoms with Crippen molar-refractivity contribution >= 4 is 10.2 Å². The van der Waals surface area contributed by atoms with Crippen LogP contribution in [0.15, 0.2) is 0 Å². The van der Waals surface area contributed by atoms with Crippen molar-refractivity contribution in [1.29, 1.82) is 0 Å². The molecule has 19 heavy (non-hydrogen) atoms. The van der Waals surface area contributed by atoms with Gasteiger partial charge in [0.2, 0.25) is 0 Å². The van der Waals surface area contributed by atoms with Crippen molar-refractivity contribution < 1.29 is 13.2 Å². The molecule has 0 radical (unpaired) electrons. The Kier molecular flexibility index (Phi) is 4.84. The van der Waals surface area contributed by atoms with Gasteiger partial charge in [0.25, 0.3) is 10.2 Å². The first-order chi connectivity index (χ1) is 8.97. The average Bonchev–Trinajstić information content (AvgIpc) is 2.84. The Morgan fingerprint density at radius 3 is 2.84 bits per heavy atom. The van der Waals surface area contributed by atoms with Crippen LogP contribution in [-0.4, -0.2) is 50.6 Å². The van der Waals surface area contributed by atoms with E-state index in [0.717, 1.165) is 32.1 Å². The van der Waals surface area contributed by atoms with Gasteiger partial charge < -0.3 is 10.5 Å². The zero-order valence-electron chi connectivity index (χ0n) is 11.6. The molecule has 2 aliphatic rings. The fraction of sp³-hybridized carbons (Fsp3) is 1.00. The Hall–Kier alpha value is -0.210. The summed E-state index contributed by atoms with van der Waals surface area (Å²) in [6.07, 6.45) is 4.70. The van der Waals surface area contributed by atoms with Crippen molar-refractivity contribution in [2.75, 3.05) is 26.2 Å². The normalized spacial score (nSPS) is 33.7. The maximum atomic E-state index is 12.4. The first-order valence-electron chi connectivity index (χ1n) is 7.07. The molecule has 2 unspecified atom stereocenters. The van der Waals surface area contributed by atoms with Gasteiger partial charge >= 0.3 is 0 Å². The highest BCUT2D eigenvalue weighted by Crippen LogP contribution is 2.25. The average molecular weight is 291 g/mol. The predicted molar refractivity (Wildman–Crippen MR) is 73.9 cm³/mol. The molecule has 112 valence electrons. The Morgan fingerprint density at radius 1 is 1.42 bits per heavy atom. The van der Waals surface area contributed by atoms with Crippen LogP contribution in [0.25, 0.3) is 0 Å². The molecule has 0 aromatic heterocycles. The number of nitrogens with two attached hydrogens (primary N) is 1. The highest BCUT2D eigenvalue weighted by atomic mass is 32.2. The van der Waals surface area contributed by atoms with Crippen LogP contribution in [0.1, 0.15) is 39.0 Å². The third-order valence-electron chi connectivity index (χ3n) is 4.08. The molecule has 0 amide bonds. The lowest BCUT2D eigenvalue weighted by Crippen LogP contribution is -2.53. The molecule has 2 fully saturated rings. The zero-order chi connectivity index (χ0) is 13.9. The Balaban J connectivity index is 1.96. The van der Waals surface area contributed by atoms with E-state index in [4.69, 9.17) is 10.5 Å². The minimum absolute atomic E-state index is 0.0662. The number of hydrogen-bond donors (Lipinski definition) is 2. The fourth-order valence-electron chi connectivity index (χ4n) is 2.83. The van der Waals surface area contributed by atoms with Crippen LogP contribution < -0.4 is 10.5 Å². The third-order valence-corrected chi connectivity index (χ3v) is 5.69. The van der Waals surface area contributed by atoms with E-state index in [9.17, 15) is 8.42 Å². The second-order valence-corrected chi connectivity index (χ2v) is 7.43. The molecule has 6 nitrogen and oxygen atoms in total. The van der Waals surface area contributed by atoms with E-state index in [-0.39, 0.29) is 11.6 Å². The minimum Gasteiger partial charge on any atom is -0.374 e. The van der Waals surface area contributed by atoms with E-state index in [2.05, 4.69) is 4.72 Å². The van der Waals surface area contributed by atoms with Gasteiger partial charge in [0.1, 0.15) is 0 Å². The van der Waals surface area contributed by atoms with Gasteiger partial charge in [-0.15, -0.1) is 0 Å². The Bertz CT molecular complexity index is 393. The fourth-order valence-corrected chi connectivity index (χ4v) is 4.44. The van der Waals surface area contributed by atoms with Crippen molar-refractivity contribution in [2.24, 2.45) is 5.73 Å². The molecule has 2 saturated heterocycles. The highest BCUT2D eigenvalue weighted by Gasteiger charge is 2.35. The summed E-state index contributed by atoms with van der Waals surface area (Å²) in [5.41, 5.74) is 5.32. The summed E-state index contributed by atoms with van der Waals surface area (Å²) >= 11 is 0. The maximum absolute atomic E-state index is 12.4. The number of ether oxygens (including phenoxy) is 1. The third kappa shape index (κ3) is 3.66. The Labute approximate surface area is 115 Å². The zero-order valence-corrected chi connectivity index (χ0v) is 12.4. The molecular weight excluding hydrogens is 266 g/mol. The number of piperidine rings is 1. The van der Waals surface area contributed by atoms with Crippen LogP contribution in [-0.2, 0) is 14.9 Å². The molecule has 2 aliphatic heterocycles. The molecule has 2 atom stereocenters. The number of nitrogens with one attached hydrogen (secondary N) is 1. The largest absolute Gasteiger partial charge is 0.374 e. The summed E-state index contributed by atoms with van der Waals surface area (Å²) in [5.74, 6) is 0. The smallest absolute Gasteiger partial charge is 0.279 e. The van der Waals surface area contributed by atoms with Gasteiger partial charge in [-0.25, -0.2) is 0 Å². The van der Waals surface area contributed by atoms with Crippen LogP contribution in [0.4, 0.5) is 0 Å². The summed E-state index contributed by atoms with van der Waals surface area (Å²) in [7, 11) is -3.45. The van der Waals surface area contributed by atoms with Crippen LogP contribution in [0.5, 0.6) is 0 Å². The van der Waals surface area contributed by atoms with Crippen molar-refractivity contribution in [2.45, 2.75) is 50.7 Å². The molecule has 0 aromatic rings. The highest BCUT2D eigenvalue weighted by molar-refractivity contribution is 7.87. The van der Waals surface area contributed by atoms with Gasteiger partial charge in [-0.05, 0) is 32.6 Å². The standard InChI is InChI=1S/C12H25N3O3S/c1-12(6-4-8-18-12)10-14-19(16,17)15-7-3-2-5-11(15)9-13/h11,14H,2-10,13H2,1H3. The van der Waals surface area contributed by atoms with E-state index in [1.807, 2.05) is 6.92 Å². The molecule has 2 heterocycles. The molecule has 7 heteroatoms. The molecule has 0 saturated carbocycles. The summed E-state index contributed by atoms with van der Waals surface area (Å²) < 4.78 is 34.5. The van der Waals surface area contributed by atoms with Crippen LogP contribution in [0.3, 0.4) is 0 Å². The van der Waals surface area contributed by atoms with E-state index in [1.165, 1.54) is 4.31 Å². The van der Waals surface area contributed by atoms with Crippen molar-refractivity contribution in [3.63, 3.8) is 0 Å². The summed E-state index contributed by atoms with van der Waals surface area (Å²) in [6, 6.07) is -0.0662. The SMILES string of the molecule is CC1(CNS(=O)(=O)N2CCCCC2CN)CCCO1. The summed E-state index contributed by atoms with van der Waals surface area (Å²) in [6.45, 7) is 3.96. The molecular formula is C12H25N3O3S. The van der Waals surface area contributed by atoms with Crippen LogP contribution in [0.2, 0.25) is 0 Å². The first-order valence-corrected chi connectivity index (χ1v) is 8.51. The molecule has 0 spiro atoms. The molecule has 2 rings (SSSR count). The second kappa shape index (κ2) is 6.05. The number of nitrogens with zero attached hydrogens (tertiary/aromatic N) is 1. The van der Waals surface area contributed by atoms with Gasteiger partial charge in [-0.1, -0.05) is 6.42 Å². The maximum Gasteiger partial charge on any atom is 0.279 e. The number of hydrogen-bond acceptors (Lipinski definition) is 4. The van der Waals surface area contributed by atoms with E-state index >= 15 is 0 Å². The van der Waals surface area contributed by atoms with E-state index in [0.29, 0.717) is 26.2 Å². The van der Waals surface area contributed by atoms with Gasteiger partial charge in [-0.2, -0.15) is 17.4 Å². The number of rotatable bonds is 5. The topological polar surface area (TPSA) is 84.7 Å². The molecule has 0 aromatic carbocycles. The lowest BCUT2D eigenvalue weighted by molar-refractivity contribution is 0.0246.